The molecule has 2 amide bonds. The van der Waals surface area contributed by atoms with Crippen molar-refractivity contribution in [1.82, 2.24) is 19.8 Å². The van der Waals surface area contributed by atoms with Crippen molar-refractivity contribution in [2.45, 2.75) is 97.7 Å². The third-order valence-electron chi connectivity index (χ3n) is 7.07. The van der Waals surface area contributed by atoms with Crippen molar-refractivity contribution < 1.29 is 9.59 Å². The van der Waals surface area contributed by atoms with E-state index in [4.69, 9.17) is 4.98 Å². The molecule has 0 radical (unpaired) electrons. The van der Waals surface area contributed by atoms with Gasteiger partial charge in [0.1, 0.15) is 12.4 Å². The van der Waals surface area contributed by atoms with Crippen molar-refractivity contribution >= 4 is 22.8 Å². The Balaban J connectivity index is 1.75. The maximum absolute atomic E-state index is 13.4. The first-order chi connectivity index (χ1) is 15.5. The molecule has 3 rings (SSSR count). The van der Waals surface area contributed by atoms with Crippen molar-refractivity contribution in [3.8, 4) is 0 Å². The van der Waals surface area contributed by atoms with Crippen LogP contribution in [0.25, 0.3) is 11.0 Å². The Morgan fingerprint density at radius 1 is 1.09 bits per heavy atom. The number of hydrogen-bond donors (Lipinski definition) is 1. The predicted molar refractivity (Wildman–Crippen MR) is 129 cm³/mol. The number of carbonyl (C=O) groups excluding carboxylic acids is 2. The van der Waals surface area contributed by atoms with Gasteiger partial charge in [0.05, 0.1) is 11.0 Å². The second kappa shape index (κ2) is 11.5. The molecular formula is C26H40N4O2. The van der Waals surface area contributed by atoms with Crippen LogP contribution < -0.4 is 5.32 Å². The minimum absolute atomic E-state index is 0.129. The van der Waals surface area contributed by atoms with Gasteiger partial charge in [0.15, 0.2) is 0 Å². The standard InChI is InChI=1S/C26H40N4O2/c1-5-19(3)30(20(4)6-2)25(31)18-29-23-15-11-10-14-22(23)28-24(29)16-17-27-26(32)21-12-8-7-9-13-21/h10-11,14-15,19-21H,5-9,12-13,16-18H2,1-4H3,(H,27,32). The molecule has 1 aliphatic carbocycles. The average molecular weight is 441 g/mol. The van der Waals surface area contributed by atoms with Gasteiger partial charge in [0.2, 0.25) is 11.8 Å². The molecule has 2 atom stereocenters. The zero-order chi connectivity index (χ0) is 23.1. The van der Waals surface area contributed by atoms with E-state index in [1.807, 2.05) is 33.7 Å². The maximum Gasteiger partial charge on any atom is 0.243 e. The fourth-order valence-electron chi connectivity index (χ4n) is 4.84. The van der Waals surface area contributed by atoms with Gasteiger partial charge in [-0.3, -0.25) is 9.59 Å². The monoisotopic (exact) mass is 440 g/mol. The van der Waals surface area contributed by atoms with E-state index in [0.717, 1.165) is 55.4 Å². The molecule has 1 aromatic carbocycles. The lowest BCUT2D eigenvalue weighted by Crippen LogP contribution is -2.46. The van der Waals surface area contributed by atoms with E-state index in [-0.39, 0.29) is 36.4 Å². The highest BCUT2D eigenvalue weighted by Crippen LogP contribution is 2.24. The van der Waals surface area contributed by atoms with E-state index in [0.29, 0.717) is 13.0 Å². The highest BCUT2D eigenvalue weighted by molar-refractivity contribution is 5.82. The summed E-state index contributed by atoms with van der Waals surface area (Å²) in [5.74, 6) is 1.31. The lowest BCUT2D eigenvalue weighted by atomic mass is 9.89. The van der Waals surface area contributed by atoms with E-state index in [2.05, 4.69) is 33.0 Å². The average Bonchev–Trinajstić information content (AvgIpc) is 3.16. The van der Waals surface area contributed by atoms with Gasteiger partial charge < -0.3 is 14.8 Å². The summed E-state index contributed by atoms with van der Waals surface area (Å²) in [4.78, 5) is 32.8. The Bertz CT molecular complexity index is 890. The van der Waals surface area contributed by atoms with E-state index < -0.39 is 0 Å². The van der Waals surface area contributed by atoms with Crippen molar-refractivity contribution in [2.75, 3.05) is 6.54 Å². The molecule has 1 saturated carbocycles. The van der Waals surface area contributed by atoms with Gasteiger partial charge in [-0.2, -0.15) is 0 Å². The number of nitrogens with one attached hydrogen (secondary N) is 1. The number of rotatable bonds is 10. The fraction of sp³-hybridized carbons (Fsp3) is 0.654. The number of fused-ring (bicyclic) bond motifs is 1. The molecule has 1 N–H and O–H groups in total. The first-order valence-corrected chi connectivity index (χ1v) is 12.5. The van der Waals surface area contributed by atoms with Gasteiger partial charge in [0, 0.05) is 31.0 Å². The minimum atomic E-state index is 0.129. The van der Waals surface area contributed by atoms with Crippen LogP contribution in [0.5, 0.6) is 0 Å². The van der Waals surface area contributed by atoms with Crippen molar-refractivity contribution in [2.24, 2.45) is 5.92 Å². The van der Waals surface area contributed by atoms with Gasteiger partial charge in [0.25, 0.3) is 0 Å². The number of aromatic nitrogens is 2. The van der Waals surface area contributed by atoms with Crippen LogP contribution in [0.15, 0.2) is 24.3 Å². The molecular weight excluding hydrogens is 400 g/mol. The van der Waals surface area contributed by atoms with Crippen LogP contribution in [0.1, 0.15) is 78.5 Å². The molecule has 1 aliphatic rings. The Kier molecular flexibility index (Phi) is 8.71. The van der Waals surface area contributed by atoms with Gasteiger partial charge in [-0.1, -0.05) is 45.2 Å². The van der Waals surface area contributed by atoms with Crippen LogP contribution in [0.3, 0.4) is 0 Å². The zero-order valence-corrected chi connectivity index (χ0v) is 20.3. The third kappa shape index (κ3) is 5.70. The molecule has 6 heteroatoms. The lowest BCUT2D eigenvalue weighted by molar-refractivity contribution is -0.136. The van der Waals surface area contributed by atoms with Crippen molar-refractivity contribution in [3.05, 3.63) is 30.1 Å². The molecule has 176 valence electrons. The molecule has 2 aromatic rings. The van der Waals surface area contributed by atoms with E-state index in [9.17, 15) is 9.59 Å². The van der Waals surface area contributed by atoms with Gasteiger partial charge in [-0.05, 0) is 51.7 Å². The number of hydrogen-bond acceptors (Lipinski definition) is 3. The third-order valence-corrected chi connectivity index (χ3v) is 7.07. The number of para-hydroxylation sites is 2. The first-order valence-electron chi connectivity index (χ1n) is 12.5. The van der Waals surface area contributed by atoms with Crippen molar-refractivity contribution in [3.63, 3.8) is 0 Å². The number of imidazole rings is 1. The van der Waals surface area contributed by atoms with E-state index in [1.54, 1.807) is 0 Å². The highest BCUT2D eigenvalue weighted by Gasteiger charge is 2.25. The smallest absolute Gasteiger partial charge is 0.243 e. The summed E-state index contributed by atoms with van der Waals surface area (Å²) in [6.07, 6.45) is 8.03. The summed E-state index contributed by atoms with van der Waals surface area (Å²) in [5.41, 5.74) is 1.87. The maximum atomic E-state index is 13.4. The number of amides is 2. The molecule has 0 aliphatic heterocycles. The van der Waals surface area contributed by atoms with Crippen LogP contribution in [0, 0.1) is 5.92 Å². The molecule has 2 unspecified atom stereocenters. The van der Waals surface area contributed by atoms with Gasteiger partial charge in [-0.15, -0.1) is 0 Å². The summed E-state index contributed by atoms with van der Waals surface area (Å²) >= 11 is 0. The summed E-state index contributed by atoms with van der Waals surface area (Å²) < 4.78 is 2.04. The Labute approximate surface area is 192 Å². The molecule has 32 heavy (non-hydrogen) atoms. The zero-order valence-electron chi connectivity index (χ0n) is 20.3. The number of benzene rings is 1. The molecule has 1 aromatic heterocycles. The van der Waals surface area contributed by atoms with Crippen LogP contribution in [0.4, 0.5) is 0 Å². The summed E-state index contributed by atoms with van der Waals surface area (Å²) in [6.45, 7) is 9.32. The lowest BCUT2D eigenvalue weighted by Gasteiger charge is -2.34. The van der Waals surface area contributed by atoms with Crippen molar-refractivity contribution in [1.29, 1.82) is 0 Å². The van der Waals surface area contributed by atoms with Gasteiger partial charge in [-0.25, -0.2) is 4.98 Å². The summed E-state index contributed by atoms with van der Waals surface area (Å²) in [7, 11) is 0. The molecule has 1 heterocycles. The van der Waals surface area contributed by atoms with Crippen LogP contribution in [0.2, 0.25) is 0 Å². The largest absolute Gasteiger partial charge is 0.355 e. The SMILES string of the molecule is CCC(C)N(C(=O)Cn1c(CCNC(=O)C2CCCCC2)nc2ccccc21)C(C)CC. The quantitative estimate of drug-likeness (QED) is 0.582. The molecule has 6 nitrogen and oxygen atoms in total. The predicted octanol–water partition coefficient (Wildman–Crippen LogP) is 4.70. The summed E-state index contributed by atoms with van der Waals surface area (Å²) in [5, 5.41) is 3.12. The number of carbonyl (C=O) groups is 2. The van der Waals surface area contributed by atoms with E-state index in [1.165, 1.54) is 6.42 Å². The second-order valence-corrected chi connectivity index (χ2v) is 9.29. The molecule has 0 bridgehead atoms. The topological polar surface area (TPSA) is 67.2 Å². The Morgan fingerprint density at radius 3 is 2.41 bits per heavy atom. The first kappa shape index (κ1) is 24.3. The highest BCUT2D eigenvalue weighted by atomic mass is 16.2. The fourth-order valence-corrected chi connectivity index (χ4v) is 4.84. The normalized spacial score (nSPS) is 16.6. The van der Waals surface area contributed by atoms with Gasteiger partial charge >= 0.3 is 0 Å². The molecule has 0 spiro atoms. The molecule has 1 fully saturated rings. The van der Waals surface area contributed by atoms with Crippen LogP contribution >= 0.6 is 0 Å². The second-order valence-electron chi connectivity index (χ2n) is 9.29. The number of nitrogens with zero attached hydrogens (tertiary/aromatic N) is 3. The Morgan fingerprint density at radius 2 is 1.75 bits per heavy atom. The van der Waals surface area contributed by atoms with Crippen LogP contribution in [-0.2, 0) is 22.6 Å². The molecule has 0 saturated heterocycles. The minimum Gasteiger partial charge on any atom is -0.355 e. The Hall–Kier alpha value is -2.37. The van der Waals surface area contributed by atoms with Crippen LogP contribution in [-0.4, -0.2) is 44.9 Å². The summed E-state index contributed by atoms with van der Waals surface area (Å²) in [6, 6.07) is 8.37. The van der Waals surface area contributed by atoms with E-state index >= 15 is 0 Å².